The SMILES string of the molecule is O=C1Cc2cc(N3CCN(C(=O)c4ccc(F)cc4)CC3)ccc2N1. The summed E-state index contributed by atoms with van der Waals surface area (Å²) in [5, 5.41) is 2.83. The third-order valence-corrected chi connectivity index (χ3v) is 4.74. The van der Waals surface area contributed by atoms with Gasteiger partial charge >= 0.3 is 0 Å². The van der Waals surface area contributed by atoms with Gasteiger partial charge in [-0.2, -0.15) is 0 Å². The number of amides is 2. The number of halogens is 1. The Morgan fingerprint density at radius 2 is 1.72 bits per heavy atom. The third-order valence-electron chi connectivity index (χ3n) is 4.74. The minimum absolute atomic E-state index is 0.0295. The van der Waals surface area contributed by atoms with Gasteiger partial charge in [0.25, 0.3) is 5.91 Å². The van der Waals surface area contributed by atoms with Gasteiger partial charge in [-0.3, -0.25) is 9.59 Å². The van der Waals surface area contributed by atoms with Crippen molar-refractivity contribution in [1.29, 1.82) is 0 Å². The molecule has 6 heteroatoms. The van der Waals surface area contributed by atoms with Crippen LogP contribution in [0.5, 0.6) is 0 Å². The molecule has 0 spiro atoms. The molecule has 5 nitrogen and oxygen atoms in total. The zero-order valence-corrected chi connectivity index (χ0v) is 13.7. The van der Waals surface area contributed by atoms with Crippen molar-refractivity contribution in [2.75, 3.05) is 36.4 Å². The minimum Gasteiger partial charge on any atom is -0.368 e. The first-order chi connectivity index (χ1) is 12.1. The molecule has 0 unspecified atom stereocenters. The first kappa shape index (κ1) is 15.6. The molecule has 4 rings (SSSR count). The van der Waals surface area contributed by atoms with E-state index in [4.69, 9.17) is 0 Å². The highest BCUT2D eigenvalue weighted by molar-refractivity contribution is 5.99. The molecule has 2 aromatic rings. The van der Waals surface area contributed by atoms with Crippen LogP contribution in [-0.2, 0) is 11.2 Å². The van der Waals surface area contributed by atoms with E-state index in [1.54, 1.807) is 4.90 Å². The topological polar surface area (TPSA) is 52.7 Å². The second-order valence-electron chi connectivity index (χ2n) is 6.35. The Kier molecular flexibility index (Phi) is 3.87. The Morgan fingerprint density at radius 3 is 2.44 bits per heavy atom. The Labute approximate surface area is 145 Å². The number of benzene rings is 2. The third kappa shape index (κ3) is 3.07. The molecule has 0 saturated carbocycles. The van der Waals surface area contributed by atoms with Gasteiger partial charge in [0.05, 0.1) is 6.42 Å². The average Bonchev–Trinajstić information content (AvgIpc) is 3.01. The van der Waals surface area contributed by atoms with Crippen molar-refractivity contribution < 1.29 is 14.0 Å². The quantitative estimate of drug-likeness (QED) is 0.913. The molecule has 1 fully saturated rings. The number of hydrogen-bond acceptors (Lipinski definition) is 3. The Morgan fingerprint density at radius 1 is 1.00 bits per heavy atom. The van der Waals surface area contributed by atoms with Gasteiger partial charge in [0.2, 0.25) is 5.91 Å². The van der Waals surface area contributed by atoms with Gasteiger partial charge in [-0.1, -0.05) is 0 Å². The fourth-order valence-electron chi connectivity index (χ4n) is 3.36. The number of carbonyl (C=O) groups is 2. The average molecular weight is 339 g/mol. The van der Waals surface area contributed by atoms with Gasteiger partial charge in [-0.25, -0.2) is 4.39 Å². The van der Waals surface area contributed by atoms with E-state index in [-0.39, 0.29) is 17.6 Å². The number of piperazine rings is 1. The van der Waals surface area contributed by atoms with E-state index in [9.17, 15) is 14.0 Å². The summed E-state index contributed by atoms with van der Waals surface area (Å²) in [5.74, 6) is -0.379. The van der Waals surface area contributed by atoms with Crippen molar-refractivity contribution in [2.24, 2.45) is 0 Å². The second kappa shape index (κ2) is 6.20. The van der Waals surface area contributed by atoms with Gasteiger partial charge in [0.15, 0.2) is 0 Å². The van der Waals surface area contributed by atoms with Crippen LogP contribution in [-0.4, -0.2) is 42.9 Å². The molecule has 2 aromatic carbocycles. The van der Waals surface area contributed by atoms with Gasteiger partial charge in [-0.15, -0.1) is 0 Å². The summed E-state index contributed by atoms with van der Waals surface area (Å²) in [5.41, 5.74) is 3.49. The maximum Gasteiger partial charge on any atom is 0.253 e. The van der Waals surface area contributed by atoms with Crippen LogP contribution >= 0.6 is 0 Å². The summed E-state index contributed by atoms with van der Waals surface area (Å²) in [6.45, 7) is 2.69. The number of nitrogens with one attached hydrogen (secondary N) is 1. The predicted octanol–water partition coefficient (Wildman–Crippen LogP) is 2.28. The first-order valence-electron chi connectivity index (χ1n) is 8.33. The van der Waals surface area contributed by atoms with Crippen molar-refractivity contribution in [2.45, 2.75) is 6.42 Å². The Bertz CT molecular complexity index is 827. The smallest absolute Gasteiger partial charge is 0.253 e. The number of rotatable bonds is 2. The molecule has 0 atom stereocenters. The lowest BCUT2D eigenvalue weighted by Gasteiger charge is -2.36. The van der Waals surface area contributed by atoms with E-state index in [1.807, 2.05) is 18.2 Å². The van der Waals surface area contributed by atoms with Crippen molar-refractivity contribution >= 4 is 23.2 Å². The number of fused-ring (bicyclic) bond motifs is 1. The summed E-state index contributed by atoms with van der Waals surface area (Å²) >= 11 is 0. The molecule has 0 bridgehead atoms. The summed E-state index contributed by atoms with van der Waals surface area (Å²) in [6, 6.07) is 11.6. The van der Waals surface area contributed by atoms with E-state index in [1.165, 1.54) is 24.3 Å². The molecule has 1 saturated heterocycles. The van der Waals surface area contributed by atoms with Crippen molar-refractivity contribution in [3.8, 4) is 0 Å². The Hall–Kier alpha value is -2.89. The molecular weight excluding hydrogens is 321 g/mol. The fraction of sp³-hybridized carbons (Fsp3) is 0.263. The number of anilines is 2. The van der Waals surface area contributed by atoms with Crippen LogP contribution in [0, 0.1) is 5.82 Å². The maximum atomic E-state index is 13.0. The molecular formula is C19H18FN3O2. The van der Waals surface area contributed by atoms with E-state index < -0.39 is 0 Å². The standard InChI is InChI=1S/C19H18FN3O2/c20-15-3-1-13(2-4-15)19(25)23-9-7-22(8-10-23)16-5-6-17-14(11-16)12-18(24)21-17/h1-6,11H,7-10,12H2,(H,21,24). The molecule has 0 aromatic heterocycles. The van der Waals surface area contributed by atoms with Crippen LogP contribution < -0.4 is 10.2 Å². The number of hydrogen-bond donors (Lipinski definition) is 1. The molecule has 0 aliphatic carbocycles. The Balaban J connectivity index is 1.42. The van der Waals surface area contributed by atoms with Crippen molar-refractivity contribution in [3.63, 3.8) is 0 Å². The molecule has 25 heavy (non-hydrogen) atoms. The van der Waals surface area contributed by atoms with Crippen LogP contribution in [0.15, 0.2) is 42.5 Å². The van der Waals surface area contributed by atoms with Crippen molar-refractivity contribution in [1.82, 2.24) is 4.90 Å². The molecule has 2 amide bonds. The zero-order chi connectivity index (χ0) is 17.4. The number of nitrogens with zero attached hydrogens (tertiary/aromatic N) is 2. The van der Waals surface area contributed by atoms with Crippen LogP contribution in [0.2, 0.25) is 0 Å². The summed E-state index contributed by atoms with van der Waals surface area (Å²) in [7, 11) is 0. The van der Waals surface area contributed by atoms with E-state index >= 15 is 0 Å². The van der Waals surface area contributed by atoms with E-state index in [2.05, 4.69) is 10.2 Å². The van der Waals surface area contributed by atoms with E-state index in [0.717, 1.165) is 30.0 Å². The largest absolute Gasteiger partial charge is 0.368 e. The van der Waals surface area contributed by atoms with Crippen molar-refractivity contribution in [3.05, 3.63) is 59.4 Å². The molecule has 2 aliphatic rings. The highest BCUT2D eigenvalue weighted by Gasteiger charge is 2.24. The van der Waals surface area contributed by atoms with Gasteiger partial charge in [0.1, 0.15) is 5.82 Å². The predicted molar refractivity (Wildman–Crippen MR) is 93.3 cm³/mol. The van der Waals surface area contributed by atoms with Crippen LogP contribution in [0.3, 0.4) is 0 Å². The molecule has 2 aliphatic heterocycles. The van der Waals surface area contributed by atoms with Gasteiger partial charge < -0.3 is 15.1 Å². The molecule has 0 radical (unpaired) electrons. The lowest BCUT2D eigenvalue weighted by molar-refractivity contribution is -0.115. The fourth-order valence-corrected chi connectivity index (χ4v) is 3.36. The summed E-state index contributed by atoms with van der Waals surface area (Å²) < 4.78 is 13.0. The van der Waals surface area contributed by atoms with Crippen LogP contribution in [0.4, 0.5) is 15.8 Å². The summed E-state index contributed by atoms with van der Waals surface area (Å²) in [4.78, 5) is 28.0. The van der Waals surface area contributed by atoms with E-state index in [0.29, 0.717) is 25.1 Å². The summed E-state index contributed by atoms with van der Waals surface area (Å²) in [6.07, 6.45) is 0.423. The van der Waals surface area contributed by atoms with Crippen LogP contribution in [0.1, 0.15) is 15.9 Å². The lowest BCUT2D eigenvalue weighted by atomic mass is 10.1. The normalized spacial score (nSPS) is 16.6. The number of carbonyl (C=O) groups excluding carboxylic acids is 2. The second-order valence-corrected chi connectivity index (χ2v) is 6.35. The molecule has 128 valence electrons. The highest BCUT2D eigenvalue weighted by Crippen LogP contribution is 2.28. The minimum atomic E-state index is -0.342. The zero-order valence-electron chi connectivity index (χ0n) is 13.7. The van der Waals surface area contributed by atoms with Crippen LogP contribution in [0.25, 0.3) is 0 Å². The highest BCUT2D eigenvalue weighted by atomic mass is 19.1. The lowest BCUT2D eigenvalue weighted by Crippen LogP contribution is -2.48. The van der Waals surface area contributed by atoms with Gasteiger partial charge in [-0.05, 0) is 48.0 Å². The molecule has 1 N–H and O–H groups in total. The first-order valence-corrected chi connectivity index (χ1v) is 8.33. The van der Waals surface area contributed by atoms with Gasteiger partial charge in [0, 0.05) is 43.1 Å². The maximum absolute atomic E-state index is 13.0. The monoisotopic (exact) mass is 339 g/mol. The molecule has 2 heterocycles.